The quantitative estimate of drug-likeness (QED) is 0.855. The lowest BCUT2D eigenvalue weighted by atomic mass is 10.0. The first-order valence-electron chi connectivity index (χ1n) is 7.99. The second kappa shape index (κ2) is 7.01. The Morgan fingerprint density at radius 3 is 2.84 bits per heavy atom. The Labute approximate surface area is 146 Å². The van der Waals surface area contributed by atoms with Crippen molar-refractivity contribution in [2.45, 2.75) is 30.7 Å². The topological polar surface area (TPSA) is 64.6 Å². The Kier molecular flexibility index (Phi) is 4.96. The largest absolute Gasteiger partial charge is 0.495 e. The number of halogens is 1. The number of methoxy groups -OCH3 is 1. The minimum absolute atomic E-state index is 0.107. The normalized spacial score (nSPS) is 14.7. The van der Waals surface area contributed by atoms with Crippen LogP contribution in [0.4, 0.5) is 4.39 Å². The molecular weight excluding hydrogens is 345 g/mol. The van der Waals surface area contributed by atoms with Crippen LogP contribution in [0.1, 0.15) is 18.1 Å². The summed E-state index contributed by atoms with van der Waals surface area (Å²) in [6, 6.07) is 8.93. The third kappa shape index (κ3) is 3.93. The fraction of sp³-hybridized carbons (Fsp3) is 0.333. The van der Waals surface area contributed by atoms with Crippen LogP contribution in [0.25, 0.3) is 0 Å². The Hall–Kier alpha value is -2.12. The van der Waals surface area contributed by atoms with E-state index in [9.17, 15) is 12.8 Å². The number of ether oxygens (including phenoxy) is 2. The van der Waals surface area contributed by atoms with Crippen molar-refractivity contribution in [3.05, 3.63) is 53.3 Å². The lowest BCUT2D eigenvalue weighted by Gasteiger charge is -2.16. The van der Waals surface area contributed by atoms with Gasteiger partial charge in [0.05, 0.1) is 13.7 Å². The molecule has 0 spiro atoms. The van der Waals surface area contributed by atoms with Crippen molar-refractivity contribution in [3.63, 3.8) is 0 Å². The van der Waals surface area contributed by atoms with E-state index in [4.69, 9.17) is 9.47 Å². The van der Waals surface area contributed by atoms with E-state index in [1.54, 1.807) is 6.92 Å². The van der Waals surface area contributed by atoms with Crippen LogP contribution in [0.3, 0.4) is 0 Å². The molecule has 3 rings (SSSR count). The molecule has 25 heavy (non-hydrogen) atoms. The highest BCUT2D eigenvalue weighted by Crippen LogP contribution is 2.27. The molecule has 2 aromatic rings. The van der Waals surface area contributed by atoms with Crippen molar-refractivity contribution in [1.82, 2.24) is 4.72 Å². The molecule has 0 amide bonds. The van der Waals surface area contributed by atoms with Gasteiger partial charge in [-0.3, -0.25) is 0 Å². The van der Waals surface area contributed by atoms with Crippen molar-refractivity contribution >= 4 is 10.0 Å². The molecule has 0 fully saturated rings. The number of rotatable bonds is 6. The standard InChI is InChI=1S/C18H20FNO4S/c1-12(9-13-3-5-16-14(10-13)7-8-24-16)20-25(21,22)18-11-15(19)4-6-17(18)23-2/h3-6,10-12,20H,7-9H2,1-2H3. The second-order valence-corrected chi connectivity index (χ2v) is 7.74. The molecule has 0 saturated heterocycles. The second-order valence-electron chi connectivity index (χ2n) is 6.06. The molecule has 5 nitrogen and oxygen atoms in total. The van der Waals surface area contributed by atoms with Crippen molar-refractivity contribution in [2.75, 3.05) is 13.7 Å². The van der Waals surface area contributed by atoms with Crippen LogP contribution >= 0.6 is 0 Å². The summed E-state index contributed by atoms with van der Waals surface area (Å²) >= 11 is 0. The number of nitrogens with one attached hydrogen (secondary N) is 1. The van der Waals surface area contributed by atoms with Crippen LogP contribution < -0.4 is 14.2 Å². The smallest absolute Gasteiger partial charge is 0.244 e. The molecule has 0 radical (unpaired) electrons. The van der Waals surface area contributed by atoms with Gasteiger partial charge in [0.15, 0.2) is 0 Å². The lowest BCUT2D eigenvalue weighted by molar-refractivity contribution is 0.357. The zero-order valence-corrected chi connectivity index (χ0v) is 14.9. The number of fused-ring (bicyclic) bond motifs is 1. The first-order valence-corrected chi connectivity index (χ1v) is 9.48. The van der Waals surface area contributed by atoms with Gasteiger partial charge in [-0.1, -0.05) is 12.1 Å². The first kappa shape index (κ1) is 17.7. The molecule has 2 aromatic carbocycles. The van der Waals surface area contributed by atoms with Gasteiger partial charge in [-0.2, -0.15) is 0 Å². The summed E-state index contributed by atoms with van der Waals surface area (Å²) in [5, 5.41) is 0. The van der Waals surface area contributed by atoms with E-state index in [0.29, 0.717) is 13.0 Å². The average molecular weight is 365 g/mol. The molecule has 1 N–H and O–H groups in total. The van der Waals surface area contributed by atoms with Gasteiger partial charge < -0.3 is 9.47 Å². The zero-order valence-electron chi connectivity index (χ0n) is 14.1. The fourth-order valence-corrected chi connectivity index (χ4v) is 4.37. The van der Waals surface area contributed by atoms with Crippen molar-refractivity contribution in [2.24, 2.45) is 0 Å². The molecule has 1 unspecified atom stereocenters. The molecule has 1 heterocycles. The first-order chi connectivity index (χ1) is 11.9. The maximum atomic E-state index is 13.5. The summed E-state index contributed by atoms with van der Waals surface area (Å²) in [6.45, 7) is 2.45. The Bertz CT molecular complexity index is 883. The molecule has 1 atom stereocenters. The van der Waals surface area contributed by atoms with Crippen LogP contribution in [0.5, 0.6) is 11.5 Å². The highest BCUT2D eigenvalue weighted by Gasteiger charge is 2.23. The van der Waals surface area contributed by atoms with Crippen LogP contribution in [-0.2, 0) is 22.9 Å². The fourth-order valence-electron chi connectivity index (χ4n) is 2.95. The van der Waals surface area contributed by atoms with Crippen LogP contribution in [-0.4, -0.2) is 28.2 Å². The molecule has 0 bridgehead atoms. The van der Waals surface area contributed by atoms with Gasteiger partial charge in [-0.05, 0) is 48.7 Å². The summed E-state index contributed by atoms with van der Waals surface area (Å²) < 4.78 is 51.7. The summed E-state index contributed by atoms with van der Waals surface area (Å²) in [5.41, 5.74) is 2.16. The van der Waals surface area contributed by atoms with Gasteiger partial charge in [0.1, 0.15) is 22.2 Å². The molecule has 0 aromatic heterocycles. The summed E-state index contributed by atoms with van der Waals surface area (Å²) in [5.74, 6) is 0.365. The SMILES string of the molecule is COc1ccc(F)cc1S(=O)(=O)NC(C)Cc1ccc2c(c1)CCO2. The zero-order chi connectivity index (χ0) is 18.0. The lowest BCUT2D eigenvalue weighted by Crippen LogP contribution is -2.34. The van der Waals surface area contributed by atoms with Crippen LogP contribution in [0.15, 0.2) is 41.3 Å². The molecule has 0 saturated carbocycles. The van der Waals surface area contributed by atoms with E-state index in [-0.39, 0.29) is 16.7 Å². The average Bonchev–Trinajstić information content (AvgIpc) is 3.02. The predicted octanol–water partition coefficient (Wildman–Crippen LogP) is 2.68. The Balaban J connectivity index is 1.75. The van der Waals surface area contributed by atoms with E-state index >= 15 is 0 Å². The molecule has 7 heteroatoms. The number of sulfonamides is 1. The van der Waals surface area contributed by atoms with Gasteiger partial charge in [-0.25, -0.2) is 17.5 Å². The number of benzene rings is 2. The molecular formula is C18H20FNO4S. The minimum atomic E-state index is -3.90. The van der Waals surface area contributed by atoms with Gasteiger partial charge in [0.25, 0.3) is 0 Å². The van der Waals surface area contributed by atoms with Crippen molar-refractivity contribution in [3.8, 4) is 11.5 Å². The number of hydrogen-bond donors (Lipinski definition) is 1. The minimum Gasteiger partial charge on any atom is -0.495 e. The molecule has 134 valence electrons. The highest BCUT2D eigenvalue weighted by atomic mass is 32.2. The predicted molar refractivity (Wildman–Crippen MR) is 92.1 cm³/mol. The summed E-state index contributed by atoms with van der Waals surface area (Å²) in [4.78, 5) is -0.204. The molecule has 0 aliphatic carbocycles. The van der Waals surface area contributed by atoms with Gasteiger partial charge in [0, 0.05) is 12.5 Å². The summed E-state index contributed by atoms with van der Waals surface area (Å²) in [6.07, 6.45) is 1.38. The summed E-state index contributed by atoms with van der Waals surface area (Å²) in [7, 11) is -2.55. The Morgan fingerprint density at radius 1 is 1.28 bits per heavy atom. The van der Waals surface area contributed by atoms with Crippen molar-refractivity contribution in [1.29, 1.82) is 0 Å². The molecule has 1 aliphatic rings. The van der Waals surface area contributed by atoms with Gasteiger partial charge >= 0.3 is 0 Å². The maximum absolute atomic E-state index is 13.5. The van der Waals surface area contributed by atoms with E-state index in [1.165, 1.54) is 13.2 Å². The van der Waals surface area contributed by atoms with E-state index in [0.717, 1.165) is 35.4 Å². The Morgan fingerprint density at radius 2 is 2.08 bits per heavy atom. The van der Waals surface area contributed by atoms with Gasteiger partial charge in [0.2, 0.25) is 10.0 Å². The third-order valence-corrected chi connectivity index (χ3v) is 5.68. The highest BCUT2D eigenvalue weighted by molar-refractivity contribution is 7.89. The van der Waals surface area contributed by atoms with Crippen molar-refractivity contribution < 1.29 is 22.3 Å². The monoisotopic (exact) mass is 365 g/mol. The van der Waals surface area contributed by atoms with E-state index in [2.05, 4.69) is 4.72 Å². The van der Waals surface area contributed by atoms with Crippen LogP contribution in [0, 0.1) is 5.82 Å². The van der Waals surface area contributed by atoms with E-state index < -0.39 is 15.8 Å². The van der Waals surface area contributed by atoms with E-state index in [1.807, 2.05) is 18.2 Å². The van der Waals surface area contributed by atoms with Gasteiger partial charge in [-0.15, -0.1) is 0 Å². The molecule has 1 aliphatic heterocycles. The third-order valence-electron chi connectivity index (χ3n) is 4.07. The number of hydrogen-bond acceptors (Lipinski definition) is 4. The van der Waals surface area contributed by atoms with Crippen LogP contribution in [0.2, 0.25) is 0 Å². The maximum Gasteiger partial charge on any atom is 0.244 e.